The van der Waals surface area contributed by atoms with Gasteiger partial charge >= 0.3 is 0 Å². The SMILES string of the molecule is CC(C)CC(=O)C(F)F. The first kappa shape index (κ1) is 8.53. The van der Waals surface area contributed by atoms with Crippen LogP contribution in [0.1, 0.15) is 20.3 Å². The summed E-state index contributed by atoms with van der Waals surface area (Å²) in [5, 5.41) is 0. The molecular formula is C6H10F2O. The van der Waals surface area contributed by atoms with E-state index in [1.807, 2.05) is 0 Å². The van der Waals surface area contributed by atoms with Crippen LogP contribution in [-0.4, -0.2) is 12.2 Å². The van der Waals surface area contributed by atoms with Gasteiger partial charge in [-0.1, -0.05) is 13.8 Å². The minimum atomic E-state index is -2.78. The number of carbonyl (C=O) groups is 1. The molecule has 0 spiro atoms. The van der Waals surface area contributed by atoms with Crippen LogP contribution in [0.3, 0.4) is 0 Å². The minimum Gasteiger partial charge on any atom is -0.293 e. The zero-order chi connectivity index (χ0) is 7.44. The zero-order valence-electron chi connectivity index (χ0n) is 5.53. The third-order valence-corrected chi connectivity index (χ3v) is 0.853. The van der Waals surface area contributed by atoms with Crippen molar-refractivity contribution in [3.8, 4) is 0 Å². The number of Topliss-reactive ketones (excluding diaryl/α,β-unsaturated/α-hetero) is 1. The summed E-state index contributed by atoms with van der Waals surface area (Å²) < 4.78 is 22.9. The smallest absolute Gasteiger partial charge is 0.293 e. The summed E-state index contributed by atoms with van der Waals surface area (Å²) >= 11 is 0. The van der Waals surface area contributed by atoms with Gasteiger partial charge in [0.15, 0.2) is 5.78 Å². The van der Waals surface area contributed by atoms with Gasteiger partial charge in [-0.05, 0) is 5.92 Å². The lowest BCUT2D eigenvalue weighted by Gasteiger charge is -2.00. The molecule has 1 nitrogen and oxygen atoms in total. The Hall–Kier alpha value is -0.470. The molecule has 0 unspecified atom stereocenters. The van der Waals surface area contributed by atoms with Crippen LogP contribution in [0.4, 0.5) is 8.78 Å². The molecule has 0 aliphatic heterocycles. The Morgan fingerprint density at radius 1 is 1.44 bits per heavy atom. The third-order valence-electron chi connectivity index (χ3n) is 0.853. The molecule has 0 aromatic rings. The molecule has 0 heterocycles. The summed E-state index contributed by atoms with van der Waals surface area (Å²) in [6.07, 6.45) is -2.80. The van der Waals surface area contributed by atoms with E-state index in [9.17, 15) is 13.6 Å². The van der Waals surface area contributed by atoms with Crippen LogP contribution in [0.15, 0.2) is 0 Å². The Balaban J connectivity index is 3.51. The molecule has 9 heavy (non-hydrogen) atoms. The third kappa shape index (κ3) is 4.06. The fourth-order valence-corrected chi connectivity index (χ4v) is 0.491. The molecule has 0 saturated heterocycles. The van der Waals surface area contributed by atoms with Gasteiger partial charge in [0.25, 0.3) is 6.43 Å². The van der Waals surface area contributed by atoms with Crippen LogP contribution in [0.5, 0.6) is 0 Å². The van der Waals surface area contributed by atoms with Gasteiger partial charge in [-0.15, -0.1) is 0 Å². The Morgan fingerprint density at radius 2 is 1.89 bits per heavy atom. The molecule has 0 aliphatic rings. The molecule has 54 valence electrons. The van der Waals surface area contributed by atoms with E-state index in [1.54, 1.807) is 13.8 Å². The maximum Gasteiger partial charge on any atom is 0.295 e. The van der Waals surface area contributed by atoms with E-state index >= 15 is 0 Å². The molecule has 0 saturated carbocycles. The van der Waals surface area contributed by atoms with E-state index in [4.69, 9.17) is 0 Å². The van der Waals surface area contributed by atoms with Gasteiger partial charge in [-0.25, -0.2) is 8.78 Å². The lowest BCUT2D eigenvalue weighted by atomic mass is 10.1. The van der Waals surface area contributed by atoms with Gasteiger partial charge in [-0.2, -0.15) is 0 Å². The first-order valence-corrected chi connectivity index (χ1v) is 2.85. The molecule has 0 rings (SSSR count). The number of hydrogen-bond donors (Lipinski definition) is 0. The van der Waals surface area contributed by atoms with Gasteiger partial charge in [0.2, 0.25) is 0 Å². The highest BCUT2D eigenvalue weighted by atomic mass is 19.3. The number of carbonyl (C=O) groups excluding carboxylic acids is 1. The first-order valence-electron chi connectivity index (χ1n) is 2.85. The predicted molar refractivity (Wildman–Crippen MR) is 30.5 cm³/mol. The number of rotatable bonds is 3. The zero-order valence-corrected chi connectivity index (χ0v) is 5.53. The maximum absolute atomic E-state index is 11.4. The Bertz CT molecular complexity index is 99.2. The second-order valence-electron chi connectivity index (χ2n) is 2.36. The average Bonchev–Trinajstić information content (AvgIpc) is 1.63. The maximum atomic E-state index is 11.4. The van der Waals surface area contributed by atoms with E-state index < -0.39 is 12.2 Å². The van der Waals surface area contributed by atoms with Crippen molar-refractivity contribution in [3.05, 3.63) is 0 Å². The van der Waals surface area contributed by atoms with Gasteiger partial charge in [0, 0.05) is 6.42 Å². The Morgan fingerprint density at radius 3 is 2.00 bits per heavy atom. The molecule has 0 atom stereocenters. The molecular weight excluding hydrogens is 126 g/mol. The van der Waals surface area contributed by atoms with E-state index in [0.29, 0.717) is 0 Å². The highest BCUT2D eigenvalue weighted by molar-refractivity contribution is 5.81. The molecule has 0 N–H and O–H groups in total. The highest BCUT2D eigenvalue weighted by Crippen LogP contribution is 2.05. The number of halogens is 2. The summed E-state index contributed by atoms with van der Waals surface area (Å²) in [6.45, 7) is 3.47. The summed E-state index contributed by atoms with van der Waals surface area (Å²) in [7, 11) is 0. The average molecular weight is 136 g/mol. The van der Waals surface area contributed by atoms with Crippen molar-refractivity contribution in [1.82, 2.24) is 0 Å². The standard InChI is InChI=1S/C6H10F2O/c1-4(2)3-5(9)6(7)8/h4,6H,3H2,1-2H3. The molecule has 0 aromatic heterocycles. The van der Waals surface area contributed by atoms with Gasteiger partial charge in [0.05, 0.1) is 0 Å². The van der Waals surface area contributed by atoms with E-state index in [-0.39, 0.29) is 12.3 Å². The molecule has 0 aliphatic carbocycles. The van der Waals surface area contributed by atoms with E-state index in [0.717, 1.165) is 0 Å². The van der Waals surface area contributed by atoms with Crippen LogP contribution in [-0.2, 0) is 4.79 Å². The molecule has 0 amide bonds. The van der Waals surface area contributed by atoms with Crippen molar-refractivity contribution in [3.63, 3.8) is 0 Å². The summed E-state index contributed by atoms with van der Waals surface area (Å²) in [6, 6.07) is 0. The van der Waals surface area contributed by atoms with E-state index in [2.05, 4.69) is 0 Å². The number of alkyl halides is 2. The first-order chi connectivity index (χ1) is 4.04. The number of hydrogen-bond acceptors (Lipinski definition) is 1. The fourth-order valence-electron chi connectivity index (χ4n) is 0.491. The topological polar surface area (TPSA) is 17.1 Å². The second-order valence-corrected chi connectivity index (χ2v) is 2.36. The van der Waals surface area contributed by atoms with Gasteiger partial charge in [0.1, 0.15) is 0 Å². The summed E-state index contributed by atoms with van der Waals surface area (Å²) in [5.41, 5.74) is 0. The van der Waals surface area contributed by atoms with Crippen LogP contribution < -0.4 is 0 Å². The molecule has 0 bridgehead atoms. The highest BCUT2D eigenvalue weighted by Gasteiger charge is 2.15. The Kier molecular flexibility index (Phi) is 3.35. The minimum absolute atomic E-state index is 0.0162. The fraction of sp³-hybridized carbons (Fsp3) is 0.833. The van der Waals surface area contributed by atoms with E-state index in [1.165, 1.54) is 0 Å². The van der Waals surface area contributed by atoms with Crippen LogP contribution in [0.2, 0.25) is 0 Å². The predicted octanol–water partition coefficient (Wildman–Crippen LogP) is 1.87. The second kappa shape index (κ2) is 3.54. The lowest BCUT2D eigenvalue weighted by Crippen LogP contribution is -2.11. The quantitative estimate of drug-likeness (QED) is 0.578. The molecule has 0 aromatic carbocycles. The van der Waals surface area contributed by atoms with Crippen molar-refractivity contribution >= 4 is 5.78 Å². The molecule has 0 radical (unpaired) electrons. The summed E-state index contributed by atoms with van der Waals surface area (Å²) in [5.74, 6) is -0.920. The van der Waals surface area contributed by atoms with Gasteiger partial charge < -0.3 is 0 Å². The van der Waals surface area contributed by atoms with Crippen LogP contribution in [0, 0.1) is 5.92 Å². The molecule has 3 heteroatoms. The van der Waals surface area contributed by atoms with Gasteiger partial charge in [-0.3, -0.25) is 4.79 Å². The Labute approximate surface area is 53.1 Å². The van der Waals surface area contributed by atoms with Crippen molar-refractivity contribution in [1.29, 1.82) is 0 Å². The number of ketones is 1. The van der Waals surface area contributed by atoms with Crippen LogP contribution in [0.25, 0.3) is 0 Å². The van der Waals surface area contributed by atoms with Crippen LogP contribution >= 0.6 is 0 Å². The normalized spacial score (nSPS) is 10.9. The lowest BCUT2D eigenvalue weighted by molar-refractivity contribution is -0.130. The van der Waals surface area contributed by atoms with Crippen molar-refractivity contribution < 1.29 is 13.6 Å². The van der Waals surface area contributed by atoms with Crippen molar-refractivity contribution in [2.45, 2.75) is 26.7 Å². The van der Waals surface area contributed by atoms with Crippen molar-refractivity contribution in [2.24, 2.45) is 5.92 Å². The summed E-state index contributed by atoms with van der Waals surface area (Å²) in [4.78, 5) is 10.2. The monoisotopic (exact) mass is 136 g/mol. The largest absolute Gasteiger partial charge is 0.295 e. The van der Waals surface area contributed by atoms with Crippen molar-refractivity contribution in [2.75, 3.05) is 0 Å². The molecule has 0 fully saturated rings.